The van der Waals surface area contributed by atoms with E-state index in [1.165, 1.54) is 25.6 Å². The van der Waals surface area contributed by atoms with Crippen LogP contribution in [0.25, 0.3) is 10.2 Å². The molecule has 0 bridgehead atoms. The molecular weight excluding hydrogens is 302 g/mol. The number of nitrogens with one attached hydrogen (secondary N) is 1. The highest BCUT2D eigenvalue weighted by Crippen LogP contribution is 2.26. The predicted molar refractivity (Wildman–Crippen MR) is 84.9 cm³/mol. The molecule has 112 valence electrons. The number of hydrogen-bond acceptors (Lipinski definition) is 6. The van der Waals surface area contributed by atoms with Gasteiger partial charge in [-0.15, -0.1) is 11.3 Å². The van der Waals surface area contributed by atoms with Crippen molar-refractivity contribution in [3.05, 3.63) is 41.4 Å². The molecule has 22 heavy (non-hydrogen) atoms. The van der Waals surface area contributed by atoms with Gasteiger partial charge in [-0.05, 0) is 24.3 Å². The fourth-order valence-corrected chi connectivity index (χ4v) is 2.70. The zero-order valence-electron chi connectivity index (χ0n) is 12.0. The van der Waals surface area contributed by atoms with Crippen LogP contribution in [-0.2, 0) is 0 Å². The molecule has 1 aromatic carbocycles. The molecule has 3 aromatic rings. The first-order chi connectivity index (χ1) is 10.7. The number of carbonyl (C=O) groups excluding carboxylic acids is 1. The summed E-state index contributed by atoms with van der Waals surface area (Å²) in [7, 11) is 3.01. The van der Waals surface area contributed by atoms with Gasteiger partial charge in [0.1, 0.15) is 5.69 Å². The molecule has 2 heterocycles. The summed E-state index contributed by atoms with van der Waals surface area (Å²) in [5.41, 5.74) is 3.67. The Morgan fingerprint density at radius 1 is 1.18 bits per heavy atom. The summed E-state index contributed by atoms with van der Waals surface area (Å²) < 4.78 is 11.2. The number of carbonyl (C=O) groups is 1. The van der Waals surface area contributed by atoms with E-state index in [9.17, 15) is 4.79 Å². The van der Waals surface area contributed by atoms with Crippen molar-refractivity contribution in [1.82, 2.24) is 9.97 Å². The molecule has 0 radical (unpaired) electrons. The third kappa shape index (κ3) is 2.71. The molecule has 1 N–H and O–H groups in total. The maximum Gasteiger partial charge on any atom is 0.255 e. The number of amides is 1. The van der Waals surface area contributed by atoms with E-state index in [-0.39, 0.29) is 5.91 Å². The number of aromatic nitrogens is 2. The number of fused-ring (bicyclic) bond motifs is 1. The Kier molecular flexibility index (Phi) is 3.88. The molecule has 0 spiro atoms. The summed E-state index contributed by atoms with van der Waals surface area (Å²) >= 11 is 1.49. The van der Waals surface area contributed by atoms with Crippen LogP contribution in [-0.4, -0.2) is 30.1 Å². The normalized spacial score (nSPS) is 10.5. The van der Waals surface area contributed by atoms with Gasteiger partial charge in [-0.1, -0.05) is 0 Å². The number of benzene rings is 1. The number of nitrogens with zero attached hydrogens (tertiary/aromatic N) is 2. The summed E-state index contributed by atoms with van der Waals surface area (Å²) in [5.74, 6) is 0.480. The van der Waals surface area contributed by atoms with Crippen molar-refractivity contribution < 1.29 is 14.3 Å². The zero-order valence-corrected chi connectivity index (χ0v) is 12.8. The van der Waals surface area contributed by atoms with E-state index in [1.807, 2.05) is 12.1 Å². The number of hydrogen-bond donors (Lipinski definition) is 1. The van der Waals surface area contributed by atoms with Crippen molar-refractivity contribution in [2.75, 3.05) is 19.5 Å². The van der Waals surface area contributed by atoms with Gasteiger partial charge < -0.3 is 14.8 Å². The van der Waals surface area contributed by atoms with Gasteiger partial charge in [0.2, 0.25) is 11.8 Å². The molecular formula is C15H13N3O3S. The van der Waals surface area contributed by atoms with Crippen LogP contribution in [0, 0.1) is 0 Å². The molecule has 0 saturated carbocycles. The van der Waals surface area contributed by atoms with Gasteiger partial charge in [-0.3, -0.25) is 4.79 Å². The molecule has 0 aliphatic heterocycles. The highest BCUT2D eigenvalue weighted by Gasteiger charge is 2.12. The largest absolute Gasteiger partial charge is 0.481 e. The van der Waals surface area contributed by atoms with E-state index in [1.54, 1.807) is 23.7 Å². The standard InChI is InChI=1S/C15H13N3O3S/c1-20-13-6-5-11(15(18-13)21-2)17-14(19)9-3-4-10-12(7-9)22-8-16-10/h3-8H,1-2H3,(H,17,19). The molecule has 0 atom stereocenters. The molecule has 0 fully saturated rings. The number of ether oxygens (including phenoxy) is 2. The average Bonchev–Trinajstić information content (AvgIpc) is 3.02. The molecule has 3 rings (SSSR count). The van der Waals surface area contributed by atoms with Crippen molar-refractivity contribution in [3.8, 4) is 11.8 Å². The fraction of sp³-hybridized carbons (Fsp3) is 0.133. The van der Waals surface area contributed by atoms with E-state index in [4.69, 9.17) is 9.47 Å². The van der Waals surface area contributed by atoms with Crippen LogP contribution in [0.15, 0.2) is 35.8 Å². The van der Waals surface area contributed by atoms with Crippen LogP contribution in [0.1, 0.15) is 10.4 Å². The highest BCUT2D eigenvalue weighted by molar-refractivity contribution is 7.16. The first-order valence-electron chi connectivity index (χ1n) is 6.45. The van der Waals surface area contributed by atoms with E-state index in [0.717, 1.165) is 10.2 Å². The van der Waals surface area contributed by atoms with Gasteiger partial charge in [0.05, 0.1) is 29.9 Å². The number of methoxy groups -OCH3 is 2. The van der Waals surface area contributed by atoms with E-state index in [0.29, 0.717) is 23.0 Å². The Balaban J connectivity index is 1.87. The van der Waals surface area contributed by atoms with Gasteiger partial charge in [0, 0.05) is 11.6 Å². The number of rotatable bonds is 4. The van der Waals surface area contributed by atoms with Crippen molar-refractivity contribution >= 4 is 33.1 Å². The minimum Gasteiger partial charge on any atom is -0.481 e. The minimum absolute atomic E-state index is 0.236. The van der Waals surface area contributed by atoms with Gasteiger partial charge in [-0.25, -0.2) is 4.98 Å². The summed E-state index contributed by atoms with van der Waals surface area (Å²) in [6.07, 6.45) is 0. The summed E-state index contributed by atoms with van der Waals surface area (Å²) in [4.78, 5) is 20.7. The van der Waals surface area contributed by atoms with Crippen LogP contribution in [0.5, 0.6) is 11.8 Å². The third-order valence-electron chi connectivity index (χ3n) is 3.08. The Morgan fingerprint density at radius 3 is 2.82 bits per heavy atom. The van der Waals surface area contributed by atoms with Gasteiger partial charge in [0.15, 0.2) is 0 Å². The second-order valence-corrected chi connectivity index (χ2v) is 5.29. The Hall–Kier alpha value is -2.67. The van der Waals surface area contributed by atoms with Crippen LogP contribution in [0.3, 0.4) is 0 Å². The number of pyridine rings is 1. The number of anilines is 1. The summed E-state index contributed by atoms with van der Waals surface area (Å²) in [6, 6.07) is 8.72. The fourth-order valence-electron chi connectivity index (χ4n) is 1.98. The first-order valence-corrected chi connectivity index (χ1v) is 7.33. The molecule has 0 unspecified atom stereocenters. The lowest BCUT2D eigenvalue weighted by molar-refractivity contribution is 0.102. The molecule has 2 aromatic heterocycles. The molecule has 6 nitrogen and oxygen atoms in total. The van der Waals surface area contributed by atoms with Crippen LogP contribution >= 0.6 is 11.3 Å². The summed E-state index contributed by atoms with van der Waals surface area (Å²) in [5, 5.41) is 2.79. The average molecular weight is 315 g/mol. The smallest absolute Gasteiger partial charge is 0.255 e. The lowest BCUT2D eigenvalue weighted by Gasteiger charge is -2.10. The topological polar surface area (TPSA) is 73.3 Å². The maximum absolute atomic E-state index is 12.4. The SMILES string of the molecule is COc1ccc(NC(=O)c2ccc3ncsc3c2)c(OC)n1. The Bertz CT molecular complexity index is 832. The molecule has 7 heteroatoms. The number of thiazole rings is 1. The second-order valence-electron chi connectivity index (χ2n) is 4.40. The van der Waals surface area contributed by atoms with E-state index >= 15 is 0 Å². The van der Waals surface area contributed by atoms with Crippen molar-refractivity contribution in [1.29, 1.82) is 0 Å². The van der Waals surface area contributed by atoms with Crippen molar-refractivity contribution in [2.24, 2.45) is 0 Å². The first kappa shape index (κ1) is 14.3. The van der Waals surface area contributed by atoms with E-state index < -0.39 is 0 Å². The van der Waals surface area contributed by atoms with Gasteiger partial charge >= 0.3 is 0 Å². The quantitative estimate of drug-likeness (QED) is 0.801. The monoisotopic (exact) mass is 315 g/mol. The van der Waals surface area contributed by atoms with Crippen LogP contribution in [0.4, 0.5) is 5.69 Å². The van der Waals surface area contributed by atoms with Crippen LogP contribution in [0.2, 0.25) is 0 Å². The minimum atomic E-state index is -0.236. The van der Waals surface area contributed by atoms with Gasteiger partial charge in [0.25, 0.3) is 5.91 Å². The second kappa shape index (κ2) is 5.98. The third-order valence-corrected chi connectivity index (χ3v) is 3.87. The molecule has 0 saturated heterocycles. The maximum atomic E-state index is 12.4. The van der Waals surface area contributed by atoms with Crippen LogP contribution < -0.4 is 14.8 Å². The van der Waals surface area contributed by atoms with Crippen molar-refractivity contribution in [2.45, 2.75) is 0 Å². The van der Waals surface area contributed by atoms with Crippen molar-refractivity contribution in [3.63, 3.8) is 0 Å². The Labute approximate surface area is 130 Å². The molecule has 0 aliphatic carbocycles. The summed E-state index contributed by atoms with van der Waals surface area (Å²) in [6.45, 7) is 0. The molecule has 0 aliphatic rings. The predicted octanol–water partition coefficient (Wildman–Crippen LogP) is 2.96. The highest BCUT2D eigenvalue weighted by atomic mass is 32.1. The van der Waals surface area contributed by atoms with Gasteiger partial charge in [-0.2, -0.15) is 4.98 Å². The zero-order chi connectivity index (χ0) is 15.5. The lowest BCUT2D eigenvalue weighted by atomic mass is 10.2. The molecule has 1 amide bonds. The Morgan fingerprint density at radius 2 is 2.05 bits per heavy atom. The van der Waals surface area contributed by atoms with E-state index in [2.05, 4.69) is 15.3 Å². The lowest BCUT2D eigenvalue weighted by Crippen LogP contribution is -2.13.